The van der Waals surface area contributed by atoms with Gasteiger partial charge in [0.25, 0.3) is 0 Å². The first-order valence-electron chi connectivity index (χ1n) is 9.19. The number of hydrogen-bond acceptors (Lipinski definition) is 6. The number of ether oxygens (including phenoxy) is 2. The van der Waals surface area contributed by atoms with Gasteiger partial charge in [-0.2, -0.15) is 0 Å². The Labute approximate surface area is 143 Å². The molecule has 8 heteroatoms. The van der Waals surface area contributed by atoms with Gasteiger partial charge in [-0.25, -0.2) is 4.79 Å². The van der Waals surface area contributed by atoms with Gasteiger partial charge in [0, 0.05) is 12.1 Å². The summed E-state index contributed by atoms with van der Waals surface area (Å²) < 4.78 is 11.5. The Balaban J connectivity index is 1.43. The van der Waals surface area contributed by atoms with Crippen molar-refractivity contribution in [2.75, 3.05) is 19.8 Å². The van der Waals surface area contributed by atoms with Crippen molar-refractivity contribution >= 4 is 6.03 Å². The number of carbonyl (C=O) groups excluding carboxylic acids is 1. The molecule has 0 bridgehead atoms. The highest BCUT2D eigenvalue weighted by atomic mass is 16.6. The highest BCUT2D eigenvalue weighted by Gasteiger charge is 2.35. The van der Waals surface area contributed by atoms with Crippen molar-refractivity contribution in [1.82, 2.24) is 26.6 Å². The monoisotopic (exact) mass is 341 g/mol. The normalized spacial score (nSPS) is 39.8. The molecule has 24 heavy (non-hydrogen) atoms. The summed E-state index contributed by atoms with van der Waals surface area (Å²) in [5, 5.41) is 16.1. The smallest absolute Gasteiger partial charge is 0.317 e. The van der Waals surface area contributed by atoms with Gasteiger partial charge in [-0.1, -0.05) is 6.92 Å². The third-order valence-electron chi connectivity index (χ3n) is 4.95. The zero-order valence-corrected chi connectivity index (χ0v) is 14.6. The summed E-state index contributed by atoms with van der Waals surface area (Å²) in [6.45, 7) is 6.44. The zero-order valence-electron chi connectivity index (χ0n) is 14.6. The van der Waals surface area contributed by atoms with Crippen molar-refractivity contribution in [1.29, 1.82) is 0 Å². The van der Waals surface area contributed by atoms with Crippen LogP contribution < -0.4 is 26.6 Å². The standard InChI is InChI=1S/C16H31N5O3/c1-3-17-14-8-10(2)18-15(20-14)21-16(22)19-11-4-5-12-13(9-11)24-7-6-23-12/h10-15,17-18,20H,3-9H2,1-2H3,(H2,19,21,22). The molecule has 0 aromatic rings. The molecule has 5 N–H and O–H groups in total. The summed E-state index contributed by atoms with van der Waals surface area (Å²) >= 11 is 0. The lowest BCUT2D eigenvalue weighted by Crippen LogP contribution is -2.68. The van der Waals surface area contributed by atoms with Crippen LogP contribution in [0.2, 0.25) is 0 Å². The fourth-order valence-electron chi connectivity index (χ4n) is 3.85. The minimum absolute atomic E-state index is 0.113. The van der Waals surface area contributed by atoms with Crippen LogP contribution in [0.15, 0.2) is 0 Å². The SMILES string of the molecule is CCNC1CC(C)NC(NC(=O)NC2CCC3OCCOC3C2)N1. The molecule has 0 radical (unpaired) electrons. The average Bonchev–Trinajstić information content (AvgIpc) is 2.54. The topological polar surface area (TPSA) is 95.7 Å². The molecule has 1 aliphatic carbocycles. The Kier molecular flexibility index (Phi) is 6.29. The van der Waals surface area contributed by atoms with Gasteiger partial charge in [-0.05, 0) is 39.2 Å². The fourth-order valence-corrected chi connectivity index (χ4v) is 3.85. The molecule has 2 saturated heterocycles. The Morgan fingerprint density at radius 2 is 1.88 bits per heavy atom. The summed E-state index contributed by atoms with van der Waals surface area (Å²) in [5.41, 5.74) is 0. The minimum atomic E-state index is -0.233. The van der Waals surface area contributed by atoms with Crippen LogP contribution in [-0.2, 0) is 9.47 Å². The molecule has 3 fully saturated rings. The first-order valence-corrected chi connectivity index (χ1v) is 9.19. The van der Waals surface area contributed by atoms with Crippen molar-refractivity contribution in [3.63, 3.8) is 0 Å². The van der Waals surface area contributed by atoms with Gasteiger partial charge in [0.15, 0.2) is 0 Å². The van der Waals surface area contributed by atoms with E-state index in [0.717, 1.165) is 32.2 Å². The molecule has 3 rings (SSSR count). The van der Waals surface area contributed by atoms with E-state index in [1.807, 2.05) is 0 Å². The van der Waals surface area contributed by atoms with Gasteiger partial charge in [0.05, 0.1) is 31.6 Å². The first kappa shape index (κ1) is 17.9. The lowest BCUT2D eigenvalue weighted by Gasteiger charge is -2.40. The van der Waals surface area contributed by atoms with E-state index in [0.29, 0.717) is 19.3 Å². The maximum absolute atomic E-state index is 12.3. The number of rotatable bonds is 4. The molecule has 2 amide bonds. The zero-order chi connectivity index (χ0) is 16.9. The molecule has 138 valence electrons. The summed E-state index contributed by atoms with van der Waals surface area (Å²) in [6, 6.07) is 0.326. The van der Waals surface area contributed by atoms with Crippen LogP contribution in [0.4, 0.5) is 4.79 Å². The molecule has 0 aromatic heterocycles. The van der Waals surface area contributed by atoms with E-state index in [1.54, 1.807) is 0 Å². The second kappa shape index (κ2) is 8.44. The number of hydrogen-bond donors (Lipinski definition) is 5. The van der Waals surface area contributed by atoms with Crippen molar-refractivity contribution < 1.29 is 14.3 Å². The third-order valence-corrected chi connectivity index (χ3v) is 4.95. The van der Waals surface area contributed by atoms with E-state index in [2.05, 4.69) is 40.4 Å². The molecular formula is C16H31N5O3. The molecule has 2 aliphatic heterocycles. The predicted octanol–water partition coefficient (Wildman–Crippen LogP) is -0.187. The maximum atomic E-state index is 12.3. The van der Waals surface area contributed by atoms with Gasteiger partial charge in [0.1, 0.15) is 6.29 Å². The first-order chi connectivity index (χ1) is 11.6. The molecule has 6 atom stereocenters. The Hall–Kier alpha value is -0.930. The number of amides is 2. The molecular weight excluding hydrogens is 310 g/mol. The van der Waals surface area contributed by atoms with Gasteiger partial charge in [0.2, 0.25) is 0 Å². The van der Waals surface area contributed by atoms with Gasteiger partial charge >= 0.3 is 6.03 Å². The largest absolute Gasteiger partial charge is 0.373 e. The summed E-state index contributed by atoms with van der Waals surface area (Å²) in [6.07, 6.45) is 3.96. The van der Waals surface area contributed by atoms with Gasteiger partial charge < -0.3 is 25.4 Å². The van der Waals surface area contributed by atoms with E-state index in [1.165, 1.54) is 0 Å². The van der Waals surface area contributed by atoms with Crippen molar-refractivity contribution in [2.24, 2.45) is 0 Å². The minimum Gasteiger partial charge on any atom is -0.373 e. The lowest BCUT2D eigenvalue weighted by atomic mass is 9.90. The lowest BCUT2D eigenvalue weighted by molar-refractivity contribution is -0.157. The van der Waals surface area contributed by atoms with Crippen molar-refractivity contribution in [3.05, 3.63) is 0 Å². The number of fused-ring (bicyclic) bond motifs is 1. The summed E-state index contributed by atoms with van der Waals surface area (Å²) in [4.78, 5) is 12.3. The van der Waals surface area contributed by atoms with Gasteiger partial charge in [-0.3, -0.25) is 10.6 Å². The fraction of sp³-hybridized carbons (Fsp3) is 0.938. The quantitative estimate of drug-likeness (QED) is 0.487. The van der Waals surface area contributed by atoms with Crippen LogP contribution in [-0.4, -0.2) is 62.5 Å². The van der Waals surface area contributed by atoms with Gasteiger partial charge in [-0.15, -0.1) is 0 Å². The van der Waals surface area contributed by atoms with Crippen LogP contribution in [0.25, 0.3) is 0 Å². The molecule has 0 aromatic carbocycles. The highest BCUT2D eigenvalue weighted by molar-refractivity contribution is 5.74. The third kappa shape index (κ3) is 4.80. The maximum Gasteiger partial charge on any atom is 0.317 e. The van der Waals surface area contributed by atoms with Crippen molar-refractivity contribution in [3.8, 4) is 0 Å². The Bertz CT molecular complexity index is 425. The van der Waals surface area contributed by atoms with E-state index >= 15 is 0 Å². The molecule has 6 unspecified atom stereocenters. The van der Waals surface area contributed by atoms with Crippen molar-refractivity contribution in [2.45, 2.75) is 76.3 Å². The van der Waals surface area contributed by atoms with Crippen LogP contribution >= 0.6 is 0 Å². The average molecular weight is 341 g/mol. The molecule has 3 aliphatic rings. The Morgan fingerprint density at radius 1 is 1.08 bits per heavy atom. The molecule has 2 heterocycles. The highest BCUT2D eigenvalue weighted by Crippen LogP contribution is 2.26. The number of urea groups is 1. The van der Waals surface area contributed by atoms with Crippen LogP contribution in [0, 0.1) is 0 Å². The summed E-state index contributed by atoms with van der Waals surface area (Å²) in [5.74, 6) is 0. The van der Waals surface area contributed by atoms with E-state index in [-0.39, 0.29) is 36.7 Å². The van der Waals surface area contributed by atoms with Crippen LogP contribution in [0.5, 0.6) is 0 Å². The van der Waals surface area contributed by atoms with Crippen LogP contribution in [0.3, 0.4) is 0 Å². The van der Waals surface area contributed by atoms with E-state index < -0.39 is 0 Å². The predicted molar refractivity (Wildman–Crippen MR) is 90.4 cm³/mol. The second-order valence-corrected chi connectivity index (χ2v) is 6.96. The van der Waals surface area contributed by atoms with E-state index in [9.17, 15) is 4.79 Å². The summed E-state index contributed by atoms with van der Waals surface area (Å²) in [7, 11) is 0. The number of carbonyl (C=O) groups is 1. The Morgan fingerprint density at radius 3 is 2.67 bits per heavy atom. The van der Waals surface area contributed by atoms with Crippen LogP contribution in [0.1, 0.15) is 39.5 Å². The molecule has 0 spiro atoms. The molecule has 8 nitrogen and oxygen atoms in total. The second-order valence-electron chi connectivity index (χ2n) is 6.96. The van der Waals surface area contributed by atoms with E-state index in [4.69, 9.17) is 9.47 Å². The number of nitrogens with one attached hydrogen (secondary N) is 5. The molecule has 1 saturated carbocycles.